The van der Waals surface area contributed by atoms with Crippen LogP contribution in [0.1, 0.15) is 46.0 Å². The molecule has 1 aliphatic rings. The third-order valence-electron chi connectivity index (χ3n) is 3.22. The fourth-order valence-electron chi connectivity index (χ4n) is 2.02. The van der Waals surface area contributed by atoms with Crippen molar-refractivity contribution in [3.8, 4) is 0 Å². The fourth-order valence-corrected chi connectivity index (χ4v) is 2.02. The molecule has 1 unspecified atom stereocenters. The first-order valence-electron chi connectivity index (χ1n) is 6.21. The SMILES string of the molecule is CCNC(CC)CCCN(C)C1CC1. The van der Waals surface area contributed by atoms with Crippen LogP contribution < -0.4 is 5.32 Å². The summed E-state index contributed by atoms with van der Waals surface area (Å²) in [6, 6.07) is 1.67. The minimum absolute atomic E-state index is 0.743. The molecule has 1 fully saturated rings. The van der Waals surface area contributed by atoms with Crippen molar-refractivity contribution in [2.45, 2.75) is 58.0 Å². The number of hydrogen-bond donors (Lipinski definition) is 1. The third-order valence-corrected chi connectivity index (χ3v) is 3.22. The summed E-state index contributed by atoms with van der Waals surface area (Å²) in [6.45, 7) is 6.86. The summed E-state index contributed by atoms with van der Waals surface area (Å²) >= 11 is 0. The zero-order chi connectivity index (χ0) is 10.4. The molecule has 0 aromatic carbocycles. The maximum atomic E-state index is 3.53. The zero-order valence-electron chi connectivity index (χ0n) is 10.1. The van der Waals surface area contributed by atoms with E-state index < -0.39 is 0 Å². The van der Waals surface area contributed by atoms with E-state index in [0.29, 0.717) is 0 Å². The highest BCUT2D eigenvalue weighted by molar-refractivity contribution is 4.82. The van der Waals surface area contributed by atoms with Gasteiger partial charge in [0, 0.05) is 12.1 Å². The third kappa shape index (κ3) is 4.43. The van der Waals surface area contributed by atoms with E-state index >= 15 is 0 Å². The maximum Gasteiger partial charge on any atom is 0.00933 e. The summed E-state index contributed by atoms with van der Waals surface area (Å²) in [5, 5.41) is 3.53. The largest absolute Gasteiger partial charge is 0.314 e. The molecule has 1 rings (SSSR count). The van der Waals surface area contributed by atoms with E-state index in [2.05, 4.69) is 31.1 Å². The predicted octanol–water partition coefficient (Wildman–Crippen LogP) is 2.25. The van der Waals surface area contributed by atoms with Crippen molar-refractivity contribution in [3.63, 3.8) is 0 Å². The van der Waals surface area contributed by atoms with Crippen molar-refractivity contribution < 1.29 is 0 Å². The molecule has 1 saturated carbocycles. The second-order valence-corrected chi connectivity index (χ2v) is 4.52. The summed E-state index contributed by atoms with van der Waals surface area (Å²) in [7, 11) is 2.27. The van der Waals surface area contributed by atoms with Crippen LogP contribution in [-0.2, 0) is 0 Å². The molecule has 84 valence electrons. The normalized spacial score (nSPS) is 18.9. The quantitative estimate of drug-likeness (QED) is 0.643. The summed E-state index contributed by atoms with van der Waals surface area (Å²) in [4.78, 5) is 2.53. The van der Waals surface area contributed by atoms with Gasteiger partial charge >= 0.3 is 0 Å². The average molecular weight is 198 g/mol. The van der Waals surface area contributed by atoms with Crippen LogP contribution in [0.4, 0.5) is 0 Å². The van der Waals surface area contributed by atoms with Crippen LogP contribution >= 0.6 is 0 Å². The Morgan fingerprint density at radius 3 is 2.57 bits per heavy atom. The van der Waals surface area contributed by atoms with Crippen molar-refractivity contribution in [2.75, 3.05) is 20.1 Å². The molecule has 2 heteroatoms. The molecule has 14 heavy (non-hydrogen) atoms. The summed E-state index contributed by atoms with van der Waals surface area (Å²) in [6.07, 6.45) is 6.81. The summed E-state index contributed by atoms with van der Waals surface area (Å²) < 4.78 is 0. The molecule has 0 aromatic heterocycles. The Labute approximate surface area is 89.1 Å². The van der Waals surface area contributed by atoms with Gasteiger partial charge in [0.15, 0.2) is 0 Å². The van der Waals surface area contributed by atoms with Crippen LogP contribution in [0.5, 0.6) is 0 Å². The van der Waals surface area contributed by atoms with Gasteiger partial charge in [-0.25, -0.2) is 0 Å². The zero-order valence-corrected chi connectivity index (χ0v) is 10.1. The van der Waals surface area contributed by atoms with Gasteiger partial charge in [0.1, 0.15) is 0 Å². The van der Waals surface area contributed by atoms with Crippen LogP contribution in [0, 0.1) is 0 Å². The first kappa shape index (κ1) is 12.0. The van der Waals surface area contributed by atoms with E-state index in [1.54, 1.807) is 0 Å². The van der Waals surface area contributed by atoms with E-state index in [1.165, 1.54) is 38.6 Å². The molecule has 0 radical (unpaired) electrons. The summed E-state index contributed by atoms with van der Waals surface area (Å²) in [5.74, 6) is 0. The van der Waals surface area contributed by atoms with Gasteiger partial charge in [0.2, 0.25) is 0 Å². The average Bonchev–Trinajstić information content (AvgIpc) is 2.99. The molecular weight excluding hydrogens is 172 g/mol. The molecule has 0 heterocycles. The van der Waals surface area contributed by atoms with Gasteiger partial charge < -0.3 is 10.2 Å². The minimum Gasteiger partial charge on any atom is -0.314 e. The molecule has 0 bridgehead atoms. The van der Waals surface area contributed by atoms with Gasteiger partial charge in [-0.05, 0) is 52.2 Å². The monoisotopic (exact) mass is 198 g/mol. The maximum absolute atomic E-state index is 3.53. The van der Waals surface area contributed by atoms with E-state index in [1.807, 2.05) is 0 Å². The number of nitrogens with one attached hydrogen (secondary N) is 1. The number of nitrogens with zero attached hydrogens (tertiary/aromatic N) is 1. The van der Waals surface area contributed by atoms with E-state index in [4.69, 9.17) is 0 Å². The van der Waals surface area contributed by atoms with Crippen LogP contribution in [0.2, 0.25) is 0 Å². The smallest absolute Gasteiger partial charge is 0.00933 e. The first-order valence-corrected chi connectivity index (χ1v) is 6.21. The molecule has 0 saturated heterocycles. The van der Waals surface area contributed by atoms with Gasteiger partial charge in [-0.1, -0.05) is 13.8 Å². The van der Waals surface area contributed by atoms with Gasteiger partial charge in [-0.3, -0.25) is 0 Å². The van der Waals surface area contributed by atoms with Crippen LogP contribution in [0.3, 0.4) is 0 Å². The van der Waals surface area contributed by atoms with E-state index in [0.717, 1.165) is 18.6 Å². The lowest BCUT2D eigenvalue weighted by Gasteiger charge is -2.19. The summed E-state index contributed by atoms with van der Waals surface area (Å²) in [5.41, 5.74) is 0. The Morgan fingerprint density at radius 1 is 1.36 bits per heavy atom. The Hall–Kier alpha value is -0.0800. The van der Waals surface area contributed by atoms with Gasteiger partial charge in [-0.15, -0.1) is 0 Å². The van der Waals surface area contributed by atoms with Crippen molar-refractivity contribution in [1.29, 1.82) is 0 Å². The highest BCUT2D eigenvalue weighted by Gasteiger charge is 2.25. The Kier molecular flexibility index (Phi) is 5.49. The second-order valence-electron chi connectivity index (χ2n) is 4.52. The lowest BCUT2D eigenvalue weighted by atomic mass is 10.1. The highest BCUT2D eigenvalue weighted by Crippen LogP contribution is 2.25. The standard InChI is InChI=1S/C12H26N2/c1-4-11(13-5-2)7-6-10-14(3)12-8-9-12/h11-13H,4-10H2,1-3H3. The molecule has 1 aliphatic carbocycles. The molecule has 0 spiro atoms. The van der Waals surface area contributed by atoms with Crippen LogP contribution in [-0.4, -0.2) is 37.1 Å². The van der Waals surface area contributed by atoms with E-state index in [9.17, 15) is 0 Å². The van der Waals surface area contributed by atoms with Gasteiger partial charge in [-0.2, -0.15) is 0 Å². The topological polar surface area (TPSA) is 15.3 Å². The Morgan fingerprint density at radius 2 is 2.07 bits per heavy atom. The number of rotatable bonds is 8. The second kappa shape index (κ2) is 6.41. The van der Waals surface area contributed by atoms with Crippen molar-refractivity contribution in [2.24, 2.45) is 0 Å². The fraction of sp³-hybridized carbons (Fsp3) is 1.00. The highest BCUT2D eigenvalue weighted by atomic mass is 15.1. The lowest BCUT2D eigenvalue weighted by Crippen LogP contribution is -2.30. The Balaban J connectivity index is 1.99. The molecule has 0 aliphatic heterocycles. The Bertz CT molecular complexity index is 143. The first-order chi connectivity index (χ1) is 6.77. The molecule has 0 amide bonds. The van der Waals surface area contributed by atoms with Gasteiger partial charge in [0.25, 0.3) is 0 Å². The number of hydrogen-bond acceptors (Lipinski definition) is 2. The molecule has 0 aromatic rings. The van der Waals surface area contributed by atoms with Crippen molar-refractivity contribution in [1.82, 2.24) is 10.2 Å². The molecular formula is C12H26N2. The molecule has 1 atom stereocenters. The van der Waals surface area contributed by atoms with Crippen LogP contribution in [0.25, 0.3) is 0 Å². The van der Waals surface area contributed by atoms with Crippen LogP contribution in [0.15, 0.2) is 0 Å². The van der Waals surface area contributed by atoms with E-state index in [-0.39, 0.29) is 0 Å². The lowest BCUT2D eigenvalue weighted by molar-refractivity contribution is 0.305. The molecule has 2 nitrogen and oxygen atoms in total. The van der Waals surface area contributed by atoms with Gasteiger partial charge in [0.05, 0.1) is 0 Å². The van der Waals surface area contributed by atoms with Crippen molar-refractivity contribution in [3.05, 3.63) is 0 Å². The minimum atomic E-state index is 0.743. The van der Waals surface area contributed by atoms with Crippen molar-refractivity contribution >= 4 is 0 Å². The predicted molar refractivity (Wildman–Crippen MR) is 62.6 cm³/mol. The molecule has 1 N–H and O–H groups in total.